The Morgan fingerprint density at radius 3 is 2.10 bits per heavy atom. The lowest BCUT2D eigenvalue weighted by atomic mass is 10.2. The van der Waals surface area contributed by atoms with Gasteiger partial charge >= 0.3 is 0 Å². The number of carbonyl (C=O) groups is 2. The average Bonchev–Trinajstić information content (AvgIpc) is 2.97. The van der Waals surface area contributed by atoms with Crippen LogP contribution in [0.25, 0.3) is 0 Å². The molecule has 39 heavy (non-hydrogen) atoms. The molecule has 0 bridgehead atoms. The second-order valence-electron chi connectivity index (χ2n) is 8.30. The third-order valence-electron chi connectivity index (χ3n) is 5.58. The summed E-state index contributed by atoms with van der Waals surface area (Å²) in [6.45, 7) is -0.134. The van der Waals surface area contributed by atoms with E-state index in [9.17, 15) is 18.0 Å². The molecular formula is C29H26N4O5S. The summed E-state index contributed by atoms with van der Waals surface area (Å²) < 4.78 is 32.2. The number of para-hydroxylation sites is 1. The first-order valence-electron chi connectivity index (χ1n) is 11.9. The van der Waals surface area contributed by atoms with Crippen molar-refractivity contribution in [1.82, 2.24) is 5.43 Å². The second kappa shape index (κ2) is 12.5. The van der Waals surface area contributed by atoms with Gasteiger partial charge in [-0.15, -0.1) is 0 Å². The number of anilines is 2. The van der Waals surface area contributed by atoms with E-state index in [1.807, 2.05) is 18.2 Å². The standard InChI is InChI=1S/C29H26N4O5S/c1-33(39(36,37)27-10-6-3-7-11-27)25-16-14-23(15-17-25)29(35)32-30-20-22-12-18-26(19-13-22)38-21-28(34)31-24-8-4-2-5-9-24/h2-20H,21H2,1H3,(H,31,34)(H,32,35)/b30-20-. The minimum absolute atomic E-state index is 0.134. The van der Waals surface area contributed by atoms with Crippen molar-refractivity contribution in [3.05, 3.63) is 120 Å². The zero-order valence-corrected chi connectivity index (χ0v) is 21.8. The molecule has 9 nitrogen and oxygen atoms in total. The van der Waals surface area contributed by atoms with Gasteiger partial charge in [0.25, 0.3) is 21.8 Å². The molecule has 4 rings (SSSR count). The molecule has 0 unspecified atom stereocenters. The fraction of sp³-hybridized carbons (Fsp3) is 0.0690. The Bertz CT molecular complexity index is 1540. The minimum atomic E-state index is -3.71. The molecule has 0 spiro atoms. The highest BCUT2D eigenvalue weighted by molar-refractivity contribution is 7.92. The van der Waals surface area contributed by atoms with Crippen molar-refractivity contribution in [3.8, 4) is 5.75 Å². The summed E-state index contributed by atoms with van der Waals surface area (Å²) in [6.07, 6.45) is 1.47. The largest absolute Gasteiger partial charge is 0.484 e. The van der Waals surface area contributed by atoms with Gasteiger partial charge in [0.05, 0.1) is 16.8 Å². The van der Waals surface area contributed by atoms with Gasteiger partial charge in [-0.1, -0.05) is 36.4 Å². The molecule has 198 valence electrons. The van der Waals surface area contributed by atoms with Crippen molar-refractivity contribution in [2.45, 2.75) is 4.90 Å². The van der Waals surface area contributed by atoms with Crippen LogP contribution >= 0.6 is 0 Å². The number of ether oxygens (including phenoxy) is 1. The molecule has 0 radical (unpaired) electrons. The third kappa shape index (κ3) is 7.30. The smallest absolute Gasteiger partial charge is 0.271 e. The lowest BCUT2D eigenvalue weighted by Crippen LogP contribution is -2.26. The third-order valence-corrected chi connectivity index (χ3v) is 7.38. The van der Waals surface area contributed by atoms with Crippen LogP contribution in [-0.2, 0) is 14.8 Å². The van der Waals surface area contributed by atoms with Crippen LogP contribution in [0.1, 0.15) is 15.9 Å². The van der Waals surface area contributed by atoms with E-state index < -0.39 is 15.9 Å². The summed E-state index contributed by atoms with van der Waals surface area (Å²) in [5.41, 5.74) is 4.58. The number of hydrogen-bond acceptors (Lipinski definition) is 6. The number of benzene rings is 4. The average molecular weight is 543 g/mol. The minimum Gasteiger partial charge on any atom is -0.484 e. The van der Waals surface area contributed by atoms with Gasteiger partial charge in [-0.3, -0.25) is 13.9 Å². The van der Waals surface area contributed by atoms with Crippen molar-refractivity contribution >= 4 is 39.4 Å². The maximum absolute atomic E-state index is 12.8. The molecule has 0 aromatic heterocycles. The van der Waals surface area contributed by atoms with Crippen LogP contribution < -0.4 is 19.8 Å². The molecule has 2 amide bonds. The number of amides is 2. The van der Waals surface area contributed by atoms with Crippen LogP contribution in [-0.4, -0.2) is 40.1 Å². The van der Waals surface area contributed by atoms with E-state index in [-0.39, 0.29) is 17.4 Å². The Balaban J connectivity index is 1.27. The Hall–Kier alpha value is -4.96. The van der Waals surface area contributed by atoms with E-state index in [4.69, 9.17) is 4.74 Å². The molecule has 4 aromatic carbocycles. The Morgan fingerprint density at radius 1 is 0.846 bits per heavy atom. The molecule has 0 aliphatic carbocycles. The number of nitrogens with zero attached hydrogens (tertiary/aromatic N) is 2. The fourth-order valence-electron chi connectivity index (χ4n) is 3.46. The van der Waals surface area contributed by atoms with Crippen LogP contribution in [0.4, 0.5) is 11.4 Å². The Morgan fingerprint density at radius 2 is 1.46 bits per heavy atom. The fourth-order valence-corrected chi connectivity index (χ4v) is 4.68. The van der Waals surface area contributed by atoms with Crippen molar-refractivity contribution in [2.75, 3.05) is 23.3 Å². The van der Waals surface area contributed by atoms with Gasteiger partial charge < -0.3 is 10.1 Å². The molecule has 0 aliphatic rings. The molecular weight excluding hydrogens is 516 g/mol. The molecule has 0 saturated heterocycles. The van der Waals surface area contributed by atoms with E-state index in [2.05, 4.69) is 15.8 Å². The first-order chi connectivity index (χ1) is 18.8. The number of carbonyl (C=O) groups excluding carboxylic acids is 2. The topological polar surface area (TPSA) is 117 Å². The van der Waals surface area contributed by atoms with E-state index in [0.717, 1.165) is 4.31 Å². The highest BCUT2D eigenvalue weighted by Crippen LogP contribution is 2.22. The first-order valence-corrected chi connectivity index (χ1v) is 13.3. The zero-order chi connectivity index (χ0) is 27.7. The molecule has 10 heteroatoms. The zero-order valence-electron chi connectivity index (χ0n) is 21.0. The van der Waals surface area contributed by atoms with Crippen molar-refractivity contribution in [3.63, 3.8) is 0 Å². The molecule has 4 aromatic rings. The summed E-state index contributed by atoms with van der Waals surface area (Å²) in [4.78, 5) is 24.6. The number of nitrogens with one attached hydrogen (secondary N) is 2. The highest BCUT2D eigenvalue weighted by atomic mass is 32.2. The molecule has 0 atom stereocenters. The van der Waals surface area contributed by atoms with Crippen molar-refractivity contribution in [2.24, 2.45) is 5.10 Å². The van der Waals surface area contributed by atoms with Gasteiger partial charge in [0.2, 0.25) is 0 Å². The molecule has 2 N–H and O–H groups in total. The number of hydrogen-bond donors (Lipinski definition) is 2. The van der Waals surface area contributed by atoms with Crippen LogP contribution in [0.2, 0.25) is 0 Å². The lowest BCUT2D eigenvalue weighted by molar-refractivity contribution is -0.118. The molecule has 0 aliphatic heterocycles. The van der Waals surface area contributed by atoms with Gasteiger partial charge in [0, 0.05) is 18.3 Å². The number of hydrazone groups is 1. The Kier molecular flexibility index (Phi) is 8.70. The predicted octanol–water partition coefficient (Wildman–Crippen LogP) is 4.29. The van der Waals surface area contributed by atoms with Crippen LogP contribution in [0.15, 0.2) is 119 Å². The number of rotatable bonds is 10. The SMILES string of the molecule is CN(c1ccc(C(=O)N/N=C\c2ccc(OCC(=O)Nc3ccccc3)cc2)cc1)S(=O)(=O)c1ccccc1. The second-order valence-corrected chi connectivity index (χ2v) is 10.3. The summed E-state index contributed by atoms with van der Waals surface area (Å²) in [7, 11) is -2.26. The summed E-state index contributed by atoms with van der Waals surface area (Å²) in [5.74, 6) is -0.207. The summed E-state index contributed by atoms with van der Waals surface area (Å²) >= 11 is 0. The highest BCUT2D eigenvalue weighted by Gasteiger charge is 2.21. The van der Waals surface area contributed by atoms with Crippen LogP contribution in [0.5, 0.6) is 5.75 Å². The van der Waals surface area contributed by atoms with E-state index in [1.54, 1.807) is 66.7 Å². The predicted molar refractivity (Wildman–Crippen MR) is 151 cm³/mol. The van der Waals surface area contributed by atoms with Gasteiger partial charge in [0.15, 0.2) is 6.61 Å². The Labute approximate surface area is 226 Å². The molecule has 0 fully saturated rings. The monoisotopic (exact) mass is 542 g/mol. The maximum atomic E-state index is 12.8. The lowest BCUT2D eigenvalue weighted by Gasteiger charge is -2.19. The van der Waals surface area contributed by atoms with Gasteiger partial charge in [-0.05, 0) is 78.4 Å². The van der Waals surface area contributed by atoms with Crippen molar-refractivity contribution in [1.29, 1.82) is 0 Å². The van der Waals surface area contributed by atoms with Gasteiger partial charge in [-0.25, -0.2) is 13.8 Å². The van der Waals surface area contributed by atoms with Gasteiger partial charge in [-0.2, -0.15) is 5.10 Å². The molecule has 0 saturated carbocycles. The van der Waals surface area contributed by atoms with Crippen molar-refractivity contribution < 1.29 is 22.7 Å². The normalized spacial score (nSPS) is 11.1. The number of sulfonamides is 1. The van der Waals surface area contributed by atoms with E-state index in [1.165, 1.54) is 37.5 Å². The van der Waals surface area contributed by atoms with Gasteiger partial charge in [0.1, 0.15) is 5.75 Å². The van der Waals surface area contributed by atoms with E-state index in [0.29, 0.717) is 28.3 Å². The first kappa shape index (κ1) is 27.1. The quantitative estimate of drug-likeness (QED) is 0.229. The van der Waals surface area contributed by atoms with E-state index >= 15 is 0 Å². The molecule has 0 heterocycles. The summed E-state index contributed by atoms with van der Waals surface area (Å²) in [6, 6.07) is 30.2. The maximum Gasteiger partial charge on any atom is 0.271 e. The van der Waals surface area contributed by atoms with Crippen LogP contribution in [0.3, 0.4) is 0 Å². The van der Waals surface area contributed by atoms with Crippen LogP contribution in [0, 0.1) is 0 Å². The summed E-state index contributed by atoms with van der Waals surface area (Å²) in [5, 5.41) is 6.71.